The van der Waals surface area contributed by atoms with Crippen molar-refractivity contribution in [2.24, 2.45) is 0 Å². The molecule has 1 N–H and O–H groups in total. The molecule has 2 heterocycles. The highest BCUT2D eigenvalue weighted by molar-refractivity contribution is 5.51. The van der Waals surface area contributed by atoms with Crippen LogP contribution in [0.5, 0.6) is 0 Å². The van der Waals surface area contributed by atoms with Gasteiger partial charge in [-0.15, -0.1) is 0 Å². The lowest BCUT2D eigenvalue weighted by atomic mass is 10.4. The molecule has 2 aromatic heterocycles. The van der Waals surface area contributed by atoms with E-state index in [1.54, 1.807) is 24.7 Å². The summed E-state index contributed by atoms with van der Waals surface area (Å²) in [7, 11) is 0. The largest absolute Gasteiger partial charge is 0.392 e. The highest BCUT2D eigenvalue weighted by Gasteiger charge is 1.97. The number of aliphatic hydroxyl groups excluding tert-OH is 1. The Labute approximate surface area is 75.2 Å². The Balaban J connectivity index is 2.52. The van der Waals surface area contributed by atoms with E-state index in [9.17, 15) is 0 Å². The van der Waals surface area contributed by atoms with Crippen LogP contribution in [0.1, 0.15) is 5.69 Å². The lowest BCUT2D eigenvalue weighted by molar-refractivity contribution is 0.343. The van der Waals surface area contributed by atoms with E-state index >= 15 is 0 Å². The van der Waals surface area contributed by atoms with Crippen molar-refractivity contribution in [2.45, 2.75) is 0 Å². The van der Waals surface area contributed by atoms with Gasteiger partial charge in [0, 0.05) is 12.4 Å². The smallest absolute Gasteiger partial charge is 0.155 e. The molecule has 0 fully saturated rings. The summed E-state index contributed by atoms with van der Waals surface area (Å²) in [5.74, 6) is 0. The van der Waals surface area contributed by atoms with Gasteiger partial charge < -0.3 is 5.11 Å². The Kier molecular flexibility index (Phi) is 2.06. The van der Waals surface area contributed by atoms with Crippen LogP contribution in [-0.4, -0.2) is 26.1 Å². The summed E-state index contributed by atoms with van der Waals surface area (Å²) < 4.78 is 1.90. The molecule has 0 aliphatic rings. The van der Waals surface area contributed by atoms with Crippen LogP contribution in [0, 0.1) is 0 Å². The number of hydrogen-bond donors (Lipinski definition) is 1. The zero-order chi connectivity index (χ0) is 9.10. The van der Waals surface area contributed by atoms with E-state index in [1.807, 2.05) is 16.7 Å². The van der Waals surface area contributed by atoms with Gasteiger partial charge in [0.15, 0.2) is 5.65 Å². The summed E-state index contributed by atoms with van der Waals surface area (Å²) >= 11 is 0. The number of rotatable bonds is 2. The SMILES string of the molecule is OCC=Cc1cnc2cnccn12. The molecule has 0 spiro atoms. The van der Waals surface area contributed by atoms with E-state index in [0.717, 1.165) is 11.3 Å². The van der Waals surface area contributed by atoms with Crippen LogP contribution in [0.3, 0.4) is 0 Å². The van der Waals surface area contributed by atoms with Crippen molar-refractivity contribution >= 4 is 11.7 Å². The summed E-state index contributed by atoms with van der Waals surface area (Å²) in [6, 6.07) is 0. The molecule has 0 aromatic carbocycles. The molecule has 2 aromatic rings. The molecular weight excluding hydrogens is 166 g/mol. The molecule has 2 rings (SSSR count). The Bertz CT molecular complexity index is 433. The predicted molar refractivity (Wildman–Crippen MR) is 49.1 cm³/mol. The highest BCUT2D eigenvalue weighted by atomic mass is 16.2. The van der Waals surface area contributed by atoms with Gasteiger partial charge in [0.1, 0.15) is 0 Å². The number of hydrogen-bond acceptors (Lipinski definition) is 3. The van der Waals surface area contributed by atoms with Crippen molar-refractivity contribution in [3.05, 3.63) is 36.6 Å². The molecule has 0 bridgehead atoms. The van der Waals surface area contributed by atoms with E-state index in [1.165, 1.54) is 0 Å². The molecule has 66 valence electrons. The monoisotopic (exact) mass is 175 g/mol. The summed E-state index contributed by atoms with van der Waals surface area (Å²) in [6.07, 6.45) is 10.5. The summed E-state index contributed by atoms with van der Waals surface area (Å²) in [5, 5.41) is 8.61. The highest BCUT2D eigenvalue weighted by Crippen LogP contribution is 2.05. The average Bonchev–Trinajstić information content (AvgIpc) is 2.58. The van der Waals surface area contributed by atoms with Gasteiger partial charge in [-0.3, -0.25) is 9.38 Å². The molecule has 0 aliphatic heterocycles. The maximum atomic E-state index is 8.61. The maximum Gasteiger partial charge on any atom is 0.155 e. The van der Waals surface area contributed by atoms with Crippen molar-refractivity contribution in [1.82, 2.24) is 14.4 Å². The topological polar surface area (TPSA) is 50.4 Å². The minimum atomic E-state index is 0.0400. The predicted octanol–water partition coefficient (Wildman–Crippen LogP) is 0.735. The average molecular weight is 175 g/mol. The molecule has 0 amide bonds. The lowest BCUT2D eigenvalue weighted by Crippen LogP contribution is -1.87. The molecule has 0 saturated carbocycles. The third-order valence-electron chi connectivity index (χ3n) is 1.74. The van der Waals surface area contributed by atoms with Gasteiger partial charge in [0.2, 0.25) is 0 Å². The van der Waals surface area contributed by atoms with Gasteiger partial charge in [-0.25, -0.2) is 4.98 Å². The quantitative estimate of drug-likeness (QED) is 0.732. The molecule has 4 nitrogen and oxygen atoms in total. The number of fused-ring (bicyclic) bond motifs is 1. The fourth-order valence-electron chi connectivity index (χ4n) is 1.16. The second kappa shape index (κ2) is 3.37. The summed E-state index contributed by atoms with van der Waals surface area (Å²) in [5.41, 5.74) is 1.74. The van der Waals surface area contributed by atoms with Crippen LogP contribution in [0.15, 0.2) is 30.9 Å². The van der Waals surface area contributed by atoms with Crippen LogP contribution in [0.25, 0.3) is 11.7 Å². The number of nitrogens with zero attached hydrogens (tertiary/aromatic N) is 3. The van der Waals surface area contributed by atoms with Crippen LogP contribution in [0.4, 0.5) is 0 Å². The number of aliphatic hydroxyl groups is 1. The van der Waals surface area contributed by atoms with Crippen molar-refractivity contribution < 1.29 is 5.11 Å². The van der Waals surface area contributed by atoms with Crippen LogP contribution >= 0.6 is 0 Å². The Morgan fingerprint density at radius 3 is 3.23 bits per heavy atom. The zero-order valence-corrected chi connectivity index (χ0v) is 6.96. The summed E-state index contributed by atoms with van der Waals surface area (Å²) in [6.45, 7) is 0.0400. The third-order valence-corrected chi connectivity index (χ3v) is 1.74. The third kappa shape index (κ3) is 1.43. The van der Waals surface area contributed by atoms with Crippen molar-refractivity contribution in [3.63, 3.8) is 0 Å². The first-order valence-corrected chi connectivity index (χ1v) is 3.96. The van der Waals surface area contributed by atoms with Gasteiger partial charge >= 0.3 is 0 Å². The van der Waals surface area contributed by atoms with Gasteiger partial charge in [0.25, 0.3) is 0 Å². The fourth-order valence-corrected chi connectivity index (χ4v) is 1.16. The lowest BCUT2D eigenvalue weighted by Gasteiger charge is -1.93. The van der Waals surface area contributed by atoms with E-state index in [0.29, 0.717) is 0 Å². The van der Waals surface area contributed by atoms with Gasteiger partial charge in [-0.05, 0) is 6.08 Å². The van der Waals surface area contributed by atoms with Crippen LogP contribution < -0.4 is 0 Å². The Hall–Kier alpha value is -1.68. The summed E-state index contributed by atoms with van der Waals surface area (Å²) in [4.78, 5) is 8.09. The van der Waals surface area contributed by atoms with Crippen LogP contribution in [0.2, 0.25) is 0 Å². The van der Waals surface area contributed by atoms with Gasteiger partial charge in [0.05, 0.1) is 24.7 Å². The first-order valence-electron chi connectivity index (χ1n) is 3.96. The van der Waals surface area contributed by atoms with Gasteiger partial charge in [-0.2, -0.15) is 0 Å². The standard InChI is InChI=1S/C9H9N3O/c13-5-1-2-8-6-11-9-7-10-3-4-12(8)9/h1-4,6-7,13H,5H2. The minimum absolute atomic E-state index is 0.0400. The zero-order valence-electron chi connectivity index (χ0n) is 6.96. The molecule has 0 aliphatic carbocycles. The minimum Gasteiger partial charge on any atom is -0.392 e. The molecule has 0 atom stereocenters. The van der Waals surface area contributed by atoms with Crippen molar-refractivity contribution in [3.8, 4) is 0 Å². The molecule has 4 heteroatoms. The first kappa shape index (κ1) is 7.94. The van der Waals surface area contributed by atoms with Crippen molar-refractivity contribution in [1.29, 1.82) is 0 Å². The van der Waals surface area contributed by atoms with Crippen LogP contribution in [-0.2, 0) is 0 Å². The molecule has 13 heavy (non-hydrogen) atoms. The Morgan fingerprint density at radius 2 is 2.38 bits per heavy atom. The second-order valence-electron chi connectivity index (χ2n) is 2.57. The van der Waals surface area contributed by atoms with Crippen molar-refractivity contribution in [2.75, 3.05) is 6.61 Å². The first-order chi connectivity index (χ1) is 6.42. The van der Waals surface area contributed by atoms with E-state index < -0.39 is 0 Å². The maximum absolute atomic E-state index is 8.61. The molecule has 0 saturated heterocycles. The molecule has 0 unspecified atom stereocenters. The van der Waals surface area contributed by atoms with E-state index in [4.69, 9.17) is 5.11 Å². The normalized spacial score (nSPS) is 11.5. The van der Waals surface area contributed by atoms with Gasteiger partial charge in [-0.1, -0.05) is 6.08 Å². The van der Waals surface area contributed by atoms with E-state index in [-0.39, 0.29) is 6.61 Å². The molecule has 0 radical (unpaired) electrons. The number of imidazole rings is 1. The van der Waals surface area contributed by atoms with E-state index in [2.05, 4.69) is 9.97 Å². The Morgan fingerprint density at radius 1 is 1.46 bits per heavy atom. The fraction of sp³-hybridized carbons (Fsp3) is 0.111. The number of aromatic nitrogens is 3. The second-order valence-corrected chi connectivity index (χ2v) is 2.57. The molecular formula is C9H9N3O.